The molecule has 1 heterocycles. The molecule has 1 saturated heterocycles. The molecule has 6 heteroatoms. The molecule has 0 radical (unpaired) electrons. The van der Waals surface area contributed by atoms with E-state index in [9.17, 15) is 13.2 Å². The second-order valence-electron chi connectivity index (χ2n) is 1.34. The van der Waals surface area contributed by atoms with Gasteiger partial charge < -0.3 is 0 Å². The van der Waals surface area contributed by atoms with E-state index < -0.39 is 16.7 Å². The van der Waals surface area contributed by atoms with Gasteiger partial charge in [-0.25, -0.2) is 8.37 Å². The van der Waals surface area contributed by atoms with Crippen molar-refractivity contribution in [1.29, 1.82) is 0 Å². The van der Waals surface area contributed by atoms with Crippen molar-refractivity contribution in [3.05, 3.63) is 0 Å². The molecule has 0 aromatic rings. The van der Waals surface area contributed by atoms with Gasteiger partial charge in [-0.3, -0.25) is 4.79 Å². The summed E-state index contributed by atoms with van der Waals surface area (Å²) in [5, 5.41) is 0. The summed E-state index contributed by atoms with van der Waals surface area (Å²) >= 11 is 0. The Kier molecular flexibility index (Phi) is 1.72. The molecule has 1 rings (SSSR count). The molecule has 0 aromatic carbocycles. The quantitative estimate of drug-likeness (QED) is 0.331. The van der Waals surface area contributed by atoms with E-state index in [0.29, 0.717) is 6.29 Å². The molecule has 0 aromatic heterocycles. The van der Waals surface area contributed by atoms with Crippen LogP contribution in [-0.4, -0.2) is 21.0 Å². The summed E-state index contributed by atoms with van der Waals surface area (Å²) in [6, 6.07) is 0. The smallest absolute Gasteiger partial charge is 0.289 e. The lowest BCUT2D eigenvalue weighted by Gasteiger charge is -2.19. The summed E-state index contributed by atoms with van der Waals surface area (Å²) in [4.78, 5) is 9.58. The molecule has 0 N–H and O–H groups in total. The Labute approximate surface area is 57.3 Å². The van der Waals surface area contributed by atoms with Crippen molar-refractivity contribution in [2.24, 2.45) is 0 Å². The highest BCUT2D eigenvalue weighted by molar-refractivity contribution is 7.82. The van der Waals surface area contributed by atoms with Crippen LogP contribution in [0.4, 0.5) is 0 Å². The molecular weight excluding hydrogens is 160 g/mol. The molecule has 0 aliphatic carbocycles. The topological polar surface area (TPSA) is 69.7 Å². The molecule has 54 valence electrons. The summed E-state index contributed by atoms with van der Waals surface area (Å²) < 4.78 is 28.2. The van der Waals surface area contributed by atoms with Crippen LogP contribution in [0.15, 0.2) is 0 Å². The molecule has 0 saturated carbocycles. The number of carbonyl (C=O) groups excluding carboxylic acids is 1. The Morgan fingerprint density at radius 1 is 1.40 bits per heavy atom. The first kappa shape index (κ1) is 7.21. The van der Waals surface area contributed by atoms with Gasteiger partial charge in [-0.05, 0) is 11.8 Å². The van der Waals surface area contributed by atoms with Crippen molar-refractivity contribution in [3.63, 3.8) is 0 Å². The number of hydrogen-bond acceptors (Lipinski definition) is 5. The fraction of sp³-hybridized carbons (Fsp3) is 0.250. The molecule has 5 nitrogen and oxygen atoms in total. The highest BCUT2D eigenvalue weighted by atomic mass is 32.3. The molecule has 0 spiro atoms. The molecule has 10 heavy (non-hydrogen) atoms. The van der Waals surface area contributed by atoms with E-state index in [1.165, 1.54) is 0 Å². The molecule has 0 amide bonds. The Bertz CT molecular complexity index is 279. The van der Waals surface area contributed by atoms with E-state index in [2.05, 4.69) is 14.3 Å². The number of aldehydes is 1. The van der Waals surface area contributed by atoms with Gasteiger partial charge >= 0.3 is 10.4 Å². The van der Waals surface area contributed by atoms with Gasteiger partial charge in [0.15, 0.2) is 6.29 Å². The monoisotopic (exact) mass is 162 g/mol. The first-order valence-electron chi connectivity index (χ1n) is 2.20. The van der Waals surface area contributed by atoms with Crippen molar-refractivity contribution >= 4 is 16.7 Å². The first-order valence-corrected chi connectivity index (χ1v) is 3.53. The Morgan fingerprint density at radius 3 is 2.40 bits per heavy atom. The van der Waals surface area contributed by atoms with Crippen LogP contribution in [0.2, 0.25) is 0 Å². The molecular formula is C4H2O5S. The van der Waals surface area contributed by atoms with Crippen LogP contribution in [-0.2, 0) is 23.6 Å². The predicted molar refractivity (Wildman–Crippen MR) is 28.7 cm³/mol. The summed E-state index contributed by atoms with van der Waals surface area (Å²) in [5.41, 5.74) is 0. The largest absolute Gasteiger partial charge is 0.406 e. The third-order valence-electron chi connectivity index (χ3n) is 0.671. The second kappa shape index (κ2) is 2.38. The lowest BCUT2D eigenvalue weighted by Crippen LogP contribution is -2.34. The summed E-state index contributed by atoms with van der Waals surface area (Å²) in [6.07, 6.45) is -0.785. The van der Waals surface area contributed by atoms with Crippen molar-refractivity contribution < 1.29 is 21.6 Å². The zero-order valence-corrected chi connectivity index (χ0v) is 5.42. The van der Waals surface area contributed by atoms with E-state index in [0.717, 1.165) is 0 Å². The lowest BCUT2D eigenvalue weighted by molar-refractivity contribution is -0.103. The van der Waals surface area contributed by atoms with Crippen molar-refractivity contribution in [3.8, 4) is 11.8 Å². The van der Waals surface area contributed by atoms with Crippen molar-refractivity contribution in [1.82, 2.24) is 0 Å². The zero-order valence-electron chi connectivity index (χ0n) is 4.60. The summed E-state index contributed by atoms with van der Waals surface area (Å²) in [6.45, 7) is 0. The molecule has 1 aliphatic rings. The van der Waals surface area contributed by atoms with Crippen LogP contribution in [0.25, 0.3) is 0 Å². The maximum Gasteiger partial charge on any atom is 0.406 e. The Morgan fingerprint density at radius 2 is 2.00 bits per heavy atom. The van der Waals surface area contributed by atoms with E-state index in [4.69, 9.17) is 0 Å². The van der Waals surface area contributed by atoms with E-state index in [1.807, 2.05) is 5.92 Å². The van der Waals surface area contributed by atoms with Crippen molar-refractivity contribution in [2.45, 2.75) is 6.29 Å². The van der Waals surface area contributed by atoms with Gasteiger partial charge in [0.2, 0.25) is 0 Å². The number of carbonyl (C=O) groups is 1. The maximum absolute atomic E-state index is 10.1. The third-order valence-corrected chi connectivity index (χ3v) is 1.49. The Hall–Kier alpha value is -0.900. The molecule has 1 fully saturated rings. The number of rotatable bonds is 0. The highest BCUT2D eigenvalue weighted by Crippen LogP contribution is 2.16. The van der Waals surface area contributed by atoms with E-state index in [1.54, 1.807) is 0 Å². The minimum Gasteiger partial charge on any atom is -0.289 e. The van der Waals surface area contributed by atoms with Gasteiger partial charge in [0.05, 0.1) is 0 Å². The van der Waals surface area contributed by atoms with Gasteiger partial charge in [-0.2, -0.15) is 8.42 Å². The van der Waals surface area contributed by atoms with Gasteiger partial charge in [-0.15, -0.1) is 0 Å². The highest BCUT2D eigenvalue weighted by Gasteiger charge is 2.34. The molecule has 0 unspecified atom stereocenters. The molecule has 1 aliphatic heterocycles. The van der Waals surface area contributed by atoms with Gasteiger partial charge in [0.25, 0.3) is 6.29 Å². The first-order chi connectivity index (χ1) is 4.64. The van der Waals surface area contributed by atoms with E-state index in [-0.39, 0.29) is 0 Å². The van der Waals surface area contributed by atoms with Crippen LogP contribution < -0.4 is 0 Å². The number of hydrogen-bond donors (Lipinski definition) is 0. The SMILES string of the molecule is O=CC#CC1OS(=O)(=O)O1. The second-order valence-corrected chi connectivity index (χ2v) is 2.54. The normalized spacial score (nSPS) is 22.0. The fourth-order valence-corrected chi connectivity index (χ4v) is 0.910. The average Bonchev–Trinajstić information content (AvgIpc) is 1.78. The maximum atomic E-state index is 10.1. The van der Waals surface area contributed by atoms with Gasteiger partial charge in [0.1, 0.15) is 0 Å². The van der Waals surface area contributed by atoms with Gasteiger partial charge in [0, 0.05) is 0 Å². The predicted octanol–water partition coefficient (Wildman–Crippen LogP) is -1.19. The zero-order chi connectivity index (χ0) is 7.61. The Balaban J connectivity index is 2.48. The van der Waals surface area contributed by atoms with Crippen LogP contribution in [0, 0.1) is 11.8 Å². The minimum absolute atomic E-state index is 0.317. The average molecular weight is 162 g/mol. The summed E-state index contributed by atoms with van der Waals surface area (Å²) in [7, 11) is -3.78. The van der Waals surface area contributed by atoms with Crippen LogP contribution >= 0.6 is 0 Å². The molecule has 0 bridgehead atoms. The standard InChI is InChI=1S/C4H2O5S/c5-3-1-2-4-8-10(6,7)9-4/h3-4H. The van der Waals surface area contributed by atoms with Crippen LogP contribution in [0.3, 0.4) is 0 Å². The lowest BCUT2D eigenvalue weighted by atomic mass is 10.6. The molecule has 0 atom stereocenters. The van der Waals surface area contributed by atoms with Gasteiger partial charge in [-0.1, -0.05) is 0 Å². The van der Waals surface area contributed by atoms with Crippen molar-refractivity contribution in [2.75, 3.05) is 0 Å². The van der Waals surface area contributed by atoms with E-state index >= 15 is 0 Å². The fourth-order valence-electron chi connectivity index (χ4n) is 0.371. The van der Waals surface area contributed by atoms with Crippen LogP contribution in [0.5, 0.6) is 0 Å². The van der Waals surface area contributed by atoms with Crippen LogP contribution in [0.1, 0.15) is 0 Å². The minimum atomic E-state index is -3.78. The summed E-state index contributed by atoms with van der Waals surface area (Å²) in [5.74, 6) is 4.03. The third kappa shape index (κ3) is 1.54.